The van der Waals surface area contributed by atoms with E-state index in [-0.39, 0.29) is 10.6 Å². The quantitative estimate of drug-likeness (QED) is 0.590. The zero-order valence-electron chi connectivity index (χ0n) is 17.3. The van der Waals surface area contributed by atoms with Crippen molar-refractivity contribution in [3.8, 4) is 16.3 Å². The fourth-order valence-corrected chi connectivity index (χ4v) is 6.50. The van der Waals surface area contributed by atoms with Gasteiger partial charge in [0.05, 0.1) is 16.9 Å². The number of nitrogens with one attached hydrogen (secondary N) is 1. The van der Waals surface area contributed by atoms with Crippen LogP contribution < -0.4 is 9.64 Å². The molecular weight excluding hydrogens is 465 g/mol. The third kappa shape index (κ3) is 4.34. The van der Waals surface area contributed by atoms with Crippen LogP contribution in [0.4, 0.5) is 18.9 Å². The Hall–Kier alpha value is -2.57. The number of aromatic amines is 1. The Morgan fingerprint density at radius 3 is 2.31 bits per heavy atom. The zero-order valence-corrected chi connectivity index (χ0v) is 18.9. The molecule has 0 saturated carbocycles. The van der Waals surface area contributed by atoms with Gasteiger partial charge < -0.3 is 9.64 Å². The Morgan fingerprint density at radius 1 is 1.09 bits per heavy atom. The molecule has 1 saturated heterocycles. The molecule has 0 atom stereocenters. The highest BCUT2D eigenvalue weighted by Gasteiger charge is 2.34. The van der Waals surface area contributed by atoms with Gasteiger partial charge in [0.15, 0.2) is 0 Å². The molecule has 0 amide bonds. The number of nitrogens with zero attached hydrogens (tertiary/aromatic N) is 3. The van der Waals surface area contributed by atoms with Crippen molar-refractivity contribution in [1.29, 1.82) is 0 Å². The number of H-pyrrole nitrogens is 1. The van der Waals surface area contributed by atoms with Crippen molar-refractivity contribution in [3.63, 3.8) is 0 Å². The van der Waals surface area contributed by atoms with E-state index < -0.39 is 21.9 Å². The van der Waals surface area contributed by atoms with Gasteiger partial charge in [-0.15, -0.1) is 11.3 Å². The van der Waals surface area contributed by atoms with Gasteiger partial charge in [0, 0.05) is 36.7 Å². The van der Waals surface area contributed by atoms with E-state index in [1.807, 2.05) is 29.4 Å². The van der Waals surface area contributed by atoms with E-state index >= 15 is 0 Å². The molecule has 0 bridgehead atoms. The number of aryl methyl sites for hydroxylation is 1. The predicted molar refractivity (Wildman–Crippen MR) is 116 cm³/mol. The van der Waals surface area contributed by atoms with Crippen LogP contribution in [0.3, 0.4) is 0 Å². The van der Waals surface area contributed by atoms with Crippen LogP contribution in [0.5, 0.6) is 5.75 Å². The number of halogens is 3. The molecule has 2 aromatic heterocycles. The molecule has 3 aromatic rings. The normalized spacial score (nSPS) is 15.8. The molecule has 1 aliphatic heterocycles. The van der Waals surface area contributed by atoms with E-state index in [9.17, 15) is 21.6 Å². The van der Waals surface area contributed by atoms with Gasteiger partial charge in [0.2, 0.25) is 10.0 Å². The first-order chi connectivity index (χ1) is 15.1. The third-order valence-electron chi connectivity index (χ3n) is 5.30. The number of anilines is 1. The average Bonchev–Trinajstić information content (AvgIpc) is 3.41. The highest BCUT2D eigenvalue weighted by atomic mass is 32.2. The summed E-state index contributed by atoms with van der Waals surface area (Å²) in [6.45, 7) is 3.30. The van der Waals surface area contributed by atoms with E-state index in [2.05, 4.69) is 10.00 Å². The van der Waals surface area contributed by atoms with Gasteiger partial charge in [0.25, 0.3) is 0 Å². The summed E-state index contributed by atoms with van der Waals surface area (Å²) in [5, 5.41) is 5.66. The Balaban J connectivity index is 1.50. The molecule has 12 heteroatoms. The minimum Gasteiger partial charge on any atom is -0.497 e. The molecule has 7 nitrogen and oxygen atoms in total. The Kier molecular flexibility index (Phi) is 5.94. The van der Waals surface area contributed by atoms with Gasteiger partial charge in [-0.1, -0.05) is 0 Å². The molecule has 3 heterocycles. The highest BCUT2D eigenvalue weighted by Crippen LogP contribution is 2.37. The van der Waals surface area contributed by atoms with Crippen LogP contribution in [0.25, 0.3) is 10.6 Å². The van der Waals surface area contributed by atoms with Crippen molar-refractivity contribution < 1.29 is 26.3 Å². The number of ether oxygens (including phenoxy) is 1. The van der Waals surface area contributed by atoms with Gasteiger partial charge in [-0.25, -0.2) is 8.42 Å². The number of methoxy groups -OCH3 is 1. The fourth-order valence-electron chi connectivity index (χ4n) is 3.56. The first-order valence-electron chi connectivity index (χ1n) is 9.72. The Labute approximate surface area is 187 Å². The van der Waals surface area contributed by atoms with Crippen molar-refractivity contribution >= 4 is 27.0 Å². The van der Waals surface area contributed by atoms with E-state index in [0.717, 1.165) is 28.8 Å². The maximum Gasteiger partial charge on any atom is 0.432 e. The molecule has 32 heavy (non-hydrogen) atoms. The number of hydrogen-bond acceptors (Lipinski definition) is 6. The molecule has 1 aliphatic rings. The lowest BCUT2D eigenvalue weighted by molar-refractivity contribution is -0.141. The summed E-state index contributed by atoms with van der Waals surface area (Å²) in [6, 6.07) is 9.85. The van der Waals surface area contributed by atoms with Crippen molar-refractivity contribution in [3.05, 3.63) is 47.0 Å². The number of rotatable bonds is 5. The zero-order chi connectivity index (χ0) is 23.1. The number of benzene rings is 1. The van der Waals surface area contributed by atoms with Crippen LogP contribution in [0.15, 0.2) is 41.3 Å². The molecule has 0 aliphatic carbocycles. The molecular formula is C20H21F3N4O3S2. The van der Waals surface area contributed by atoms with E-state index in [1.165, 1.54) is 10.4 Å². The summed E-state index contributed by atoms with van der Waals surface area (Å²) in [4.78, 5) is 3.07. The summed E-state index contributed by atoms with van der Waals surface area (Å²) in [7, 11) is -2.19. The number of hydrogen-bond donors (Lipinski definition) is 1. The van der Waals surface area contributed by atoms with Gasteiger partial charge >= 0.3 is 6.18 Å². The summed E-state index contributed by atoms with van der Waals surface area (Å²) in [6.07, 6.45) is -4.55. The summed E-state index contributed by atoms with van der Waals surface area (Å²) in [5.41, 5.74) is 0.0738. The number of alkyl halides is 3. The van der Waals surface area contributed by atoms with Crippen LogP contribution in [0, 0.1) is 6.92 Å². The molecule has 1 N–H and O–H groups in total. The minimum absolute atomic E-state index is 0.0659. The Morgan fingerprint density at radius 2 is 1.75 bits per heavy atom. The second kappa shape index (κ2) is 8.41. The summed E-state index contributed by atoms with van der Waals surface area (Å²) in [5.74, 6) is 0.748. The summed E-state index contributed by atoms with van der Waals surface area (Å²) < 4.78 is 71.6. The average molecular weight is 487 g/mol. The van der Waals surface area contributed by atoms with Crippen molar-refractivity contribution in [2.75, 3.05) is 38.2 Å². The van der Waals surface area contributed by atoms with Gasteiger partial charge in [0.1, 0.15) is 17.1 Å². The third-order valence-corrected chi connectivity index (χ3v) is 8.53. The lowest BCUT2D eigenvalue weighted by atomic mass is 10.2. The van der Waals surface area contributed by atoms with Crippen molar-refractivity contribution in [1.82, 2.24) is 14.5 Å². The van der Waals surface area contributed by atoms with Crippen molar-refractivity contribution in [2.24, 2.45) is 0 Å². The van der Waals surface area contributed by atoms with Crippen LogP contribution >= 0.6 is 11.3 Å². The maximum absolute atomic E-state index is 13.2. The van der Waals surface area contributed by atoms with Gasteiger partial charge in [-0.3, -0.25) is 5.10 Å². The molecule has 172 valence electrons. The van der Waals surface area contributed by atoms with Gasteiger partial charge in [-0.05, 0) is 43.3 Å². The predicted octanol–water partition coefficient (Wildman–Crippen LogP) is 3.98. The number of sulfonamides is 1. The fraction of sp³-hybridized carbons (Fsp3) is 0.350. The van der Waals surface area contributed by atoms with Gasteiger partial charge in [-0.2, -0.15) is 22.6 Å². The highest BCUT2D eigenvalue weighted by molar-refractivity contribution is 7.89. The van der Waals surface area contributed by atoms with Crippen LogP contribution in [-0.2, 0) is 16.2 Å². The molecule has 4 rings (SSSR count). The first kappa shape index (κ1) is 22.6. The maximum atomic E-state index is 13.2. The largest absolute Gasteiger partial charge is 0.497 e. The standard InChI is InChI=1S/C20H21F3N4O3S2/c1-13-18(12-17(31-13)16-11-19(25-24-16)20(21,22)23)32(28,29)27-9-7-26(8-10-27)14-3-5-15(30-2)6-4-14/h3-6,11-12H,7-10H2,1-2H3,(H,24,25). The first-order valence-corrected chi connectivity index (χ1v) is 12.0. The number of aromatic nitrogens is 2. The Bertz CT molecular complexity index is 1200. The lowest BCUT2D eigenvalue weighted by Gasteiger charge is -2.35. The van der Waals surface area contributed by atoms with Crippen LogP contribution in [0.2, 0.25) is 0 Å². The molecule has 1 aromatic carbocycles. The number of piperazine rings is 1. The van der Waals surface area contributed by atoms with E-state index in [1.54, 1.807) is 14.0 Å². The minimum atomic E-state index is -4.55. The monoisotopic (exact) mass is 486 g/mol. The van der Waals surface area contributed by atoms with E-state index in [4.69, 9.17) is 4.74 Å². The lowest BCUT2D eigenvalue weighted by Crippen LogP contribution is -2.48. The summed E-state index contributed by atoms with van der Waals surface area (Å²) >= 11 is 1.11. The SMILES string of the molecule is COc1ccc(N2CCN(S(=O)(=O)c3cc(-c4cc(C(F)(F)F)[nH]n4)sc3C)CC2)cc1. The number of thiophene rings is 1. The smallest absolute Gasteiger partial charge is 0.432 e. The van der Waals surface area contributed by atoms with Crippen molar-refractivity contribution in [2.45, 2.75) is 18.0 Å². The van der Waals surface area contributed by atoms with Crippen LogP contribution in [-0.4, -0.2) is 56.2 Å². The second-order valence-corrected chi connectivity index (χ2v) is 10.4. The van der Waals surface area contributed by atoms with E-state index in [0.29, 0.717) is 35.9 Å². The molecule has 0 unspecified atom stereocenters. The molecule has 1 fully saturated rings. The second-order valence-electron chi connectivity index (χ2n) is 7.28. The molecule has 0 spiro atoms. The topological polar surface area (TPSA) is 78.5 Å². The van der Waals surface area contributed by atoms with Crippen LogP contribution in [0.1, 0.15) is 10.6 Å². The molecule has 0 radical (unpaired) electrons.